The highest BCUT2D eigenvalue weighted by Gasteiger charge is 2.29. The number of amides is 2. The quantitative estimate of drug-likeness (QED) is 0.827. The molecule has 3 atom stereocenters. The lowest BCUT2D eigenvalue weighted by Crippen LogP contribution is -2.50. The Kier molecular flexibility index (Phi) is 7.46. The lowest BCUT2D eigenvalue weighted by molar-refractivity contribution is -0.138. The van der Waals surface area contributed by atoms with E-state index in [-0.39, 0.29) is 36.2 Å². The number of nitrogens with zero attached hydrogens (tertiary/aromatic N) is 1. The number of nitrogens with one attached hydrogen (secondary N) is 1. The summed E-state index contributed by atoms with van der Waals surface area (Å²) in [5, 5.41) is 2.88. The van der Waals surface area contributed by atoms with Gasteiger partial charge in [-0.05, 0) is 45.4 Å². The largest absolute Gasteiger partial charge is 0.344 e. The number of nitrogens with two attached hydrogens (primary N) is 1. The summed E-state index contributed by atoms with van der Waals surface area (Å²) in [5.74, 6) is 0.0338. The molecule has 1 aliphatic carbocycles. The van der Waals surface area contributed by atoms with Gasteiger partial charge in [0.1, 0.15) is 6.04 Å². The van der Waals surface area contributed by atoms with Gasteiger partial charge in [-0.3, -0.25) is 9.59 Å². The van der Waals surface area contributed by atoms with Crippen LogP contribution >= 0.6 is 12.4 Å². The second-order valence-corrected chi connectivity index (χ2v) is 6.24. The van der Waals surface area contributed by atoms with E-state index < -0.39 is 6.04 Å². The maximum atomic E-state index is 12.3. The predicted molar refractivity (Wildman–Crippen MR) is 85.2 cm³/mol. The Bertz CT molecular complexity index is 359. The van der Waals surface area contributed by atoms with Crippen LogP contribution in [-0.2, 0) is 9.59 Å². The van der Waals surface area contributed by atoms with E-state index in [4.69, 9.17) is 5.73 Å². The van der Waals surface area contributed by atoms with Gasteiger partial charge >= 0.3 is 0 Å². The zero-order valence-corrected chi connectivity index (χ0v) is 13.7. The molecule has 2 rings (SSSR count). The molecule has 1 aliphatic heterocycles. The average Bonchev–Trinajstić information content (AvgIpc) is 2.47. The van der Waals surface area contributed by atoms with Crippen LogP contribution in [0.5, 0.6) is 0 Å². The minimum Gasteiger partial charge on any atom is -0.344 e. The van der Waals surface area contributed by atoms with E-state index in [1.165, 1.54) is 6.42 Å². The van der Waals surface area contributed by atoms with E-state index in [1.807, 2.05) is 4.90 Å². The van der Waals surface area contributed by atoms with E-state index in [9.17, 15) is 9.59 Å². The molecular formula is C15H28ClN3O2. The Morgan fingerprint density at radius 3 is 2.43 bits per heavy atom. The van der Waals surface area contributed by atoms with Crippen LogP contribution in [0.2, 0.25) is 0 Å². The molecule has 6 heteroatoms. The maximum absolute atomic E-state index is 12.3. The molecule has 2 aliphatic rings. The van der Waals surface area contributed by atoms with E-state index >= 15 is 0 Å². The van der Waals surface area contributed by atoms with Crippen molar-refractivity contribution in [2.75, 3.05) is 13.1 Å². The second-order valence-electron chi connectivity index (χ2n) is 6.24. The number of piperidine rings is 1. The number of hydrogen-bond donors (Lipinski definition) is 2. The van der Waals surface area contributed by atoms with Crippen molar-refractivity contribution in [1.82, 2.24) is 10.2 Å². The lowest BCUT2D eigenvalue weighted by atomic mass is 9.85. The molecule has 3 unspecified atom stereocenters. The molecule has 0 spiro atoms. The molecule has 0 radical (unpaired) electrons. The van der Waals surface area contributed by atoms with Gasteiger partial charge in [0.05, 0.1) is 0 Å². The maximum Gasteiger partial charge on any atom is 0.244 e. The first-order chi connectivity index (χ1) is 9.58. The summed E-state index contributed by atoms with van der Waals surface area (Å²) < 4.78 is 0. The molecule has 1 heterocycles. The van der Waals surface area contributed by atoms with Crippen LogP contribution < -0.4 is 11.1 Å². The van der Waals surface area contributed by atoms with Gasteiger partial charge in [-0.1, -0.05) is 6.42 Å². The molecule has 122 valence electrons. The number of rotatable bonds is 3. The van der Waals surface area contributed by atoms with Crippen LogP contribution in [-0.4, -0.2) is 41.9 Å². The van der Waals surface area contributed by atoms with Crippen molar-refractivity contribution in [2.24, 2.45) is 11.7 Å². The Morgan fingerprint density at radius 1 is 1.14 bits per heavy atom. The van der Waals surface area contributed by atoms with Gasteiger partial charge in [0.25, 0.3) is 0 Å². The molecular weight excluding hydrogens is 290 g/mol. The van der Waals surface area contributed by atoms with E-state index in [1.54, 1.807) is 6.92 Å². The molecule has 1 saturated heterocycles. The normalized spacial score (nSPS) is 27.4. The first kappa shape index (κ1) is 18.2. The molecule has 3 N–H and O–H groups in total. The molecule has 2 fully saturated rings. The third-order valence-corrected chi connectivity index (χ3v) is 4.48. The Balaban J connectivity index is 0.00000220. The van der Waals surface area contributed by atoms with Crippen molar-refractivity contribution in [2.45, 2.75) is 64.0 Å². The van der Waals surface area contributed by atoms with Crippen molar-refractivity contribution < 1.29 is 9.59 Å². The number of carbonyl (C=O) groups excluding carboxylic acids is 2. The molecule has 0 aromatic carbocycles. The van der Waals surface area contributed by atoms with Crippen LogP contribution in [0.25, 0.3) is 0 Å². The van der Waals surface area contributed by atoms with Gasteiger partial charge < -0.3 is 16.0 Å². The van der Waals surface area contributed by atoms with Crippen molar-refractivity contribution in [3.05, 3.63) is 0 Å². The van der Waals surface area contributed by atoms with Crippen molar-refractivity contribution in [3.8, 4) is 0 Å². The Hall–Kier alpha value is -0.810. The molecule has 0 aromatic rings. The number of carbonyl (C=O) groups is 2. The van der Waals surface area contributed by atoms with Crippen molar-refractivity contribution in [1.29, 1.82) is 0 Å². The smallest absolute Gasteiger partial charge is 0.244 e. The van der Waals surface area contributed by atoms with Gasteiger partial charge in [-0.2, -0.15) is 0 Å². The number of likely N-dealkylation sites (tertiary alicyclic amines) is 1. The monoisotopic (exact) mass is 317 g/mol. The lowest BCUT2D eigenvalue weighted by Gasteiger charge is -2.31. The van der Waals surface area contributed by atoms with E-state index in [0.29, 0.717) is 0 Å². The number of halogens is 1. The van der Waals surface area contributed by atoms with Crippen LogP contribution in [0.3, 0.4) is 0 Å². The minimum atomic E-state index is -0.418. The van der Waals surface area contributed by atoms with Crippen molar-refractivity contribution in [3.63, 3.8) is 0 Å². The predicted octanol–water partition coefficient (Wildman–Crippen LogP) is 1.44. The zero-order valence-electron chi connectivity index (χ0n) is 12.8. The highest BCUT2D eigenvalue weighted by molar-refractivity contribution is 5.88. The standard InChI is InChI=1S/C15H27N3O2.ClH/c1-11(15(20)18-8-3-2-4-9-18)17-14(19)12-6-5-7-13(16)10-12;/h11-13H,2-10,16H2,1H3,(H,17,19);1H. The zero-order chi connectivity index (χ0) is 14.5. The third kappa shape index (κ3) is 5.15. The fourth-order valence-corrected chi connectivity index (χ4v) is 3.25. The molecule has 0 aromatic heterocycles. The van der Waals surface area contributed by atoms with Gasteiger partial charge in [0.15, 0.2) is 0 Å². The third-order valence-electron chi connectivity index (χ3n) is 4.48. The van der Waals surface area contributed by atoms with Crippen LogP contribution in [0.15, 0.2) is 0 Å². The Labute approximate surface area is 133 Å². The average molecular weight is 318 g/mol. The first-order valence-corrected chi connectivity index (χ1v) is 7.92. The highest BCUT2D eigenvalue weighted by Crippen LogP contribution is 2.23. The number of hydrogen-bond acceptors (Lipinski definition) is 3. The van der Waals surface area contributed by atoms with Crippen LogP contribution in [0.4, 0.5) is 0 Å². The van der Waals surface area contributed by atoms with Gasteiger partial charge in [-0.15, -0.1) is 12.4 Å². The van der Waals surface area contributed by atoms with Gasteiger partial charge in [-0.25, -0.2) is 0 Å². The van der Waals surface area contributed by atoms with Crippen LogP contribution in [0, 0.1) is 5.92 Å². The fourth-order valence-electron chi connectivity index (χ4n) is 3.25. The summed E-state index contributed by atoms with van der Waals surface area (Å²) in [6.07, 6.45) is 7.00. The van der Waals surface area contributed by atoms with E-state index in [0.717, 1.165) is 51.6 Å². The fraction of sp³-hybridized carbons (Fsp3) is 0.867. The summed E-state index contributed by atoms with van der Waals surface area (Å²) in [4.78, 5) is 26.3. The molecule has 0 bridgehead atoms. The Morgan fingerprint density at radius 2 is 1.81 bits per heavy atom. The summed E-state index contributed by atoms with van der Waals surface area (Å²) in [7, 11) is 0. The van der Waals surface area contributed by atoms with Gasteiger partial charge in [0.2, 0.25) is 11.8 Å². The van der Waals surface area contributed by atoms with Crippen LogP contribution in [0.1, 0.15) is 51.9 Å². The summed E-state index contributed by atoms with van der Waals surface area (Å²) >= 11 is 0. The molecule has 1 saturated carbocycles. The van der Waals surface area contributed by atoms with Gasteiger partial charge in [0, 0.05) is 25.0 Å². The minimum absolute atomic E-state index is 0. The summed E-state index contributed by atoms with van der Waals surface area (Å²) in [5.41, 5.74) is 5.92. The summed E-state index contributed by atoms with van der Waals surface area (Å²) in [6.45, 7) is 3.44. The molecule has 2 amide bonds. The topological polar surface area (TPSA) is 75.4 Å². The highest BCUT2D eigenvalue weighted by atomic mass is 35.5. The van der Waals surface area contributed by atoms with E-state index in [2.05, 4.69) is 5.32 Å². The second kappa shape index (κ2) is 8.59. The SMILES string of the molecule is CC(NC(=O)C1CCCC(N)C1)C(=O)N1CCCCC1.Cl. The first-order valence-electron chi connectivity index (χ1n) is 7.92. The molecule has 5 nitrogen and oxygen atoms in total. The summed E-state index contributed by atoms with van der Waals surface area (Å²) in [6, 6.07) is -0.286. The van der Waals surface area contributed by atoms with Crippen molar-refractivity contribution >= 4 is 24.2 Å². The molecule has 21 heavy (non-hydrogen) atoms.